The molecule has 0 amide bonds. The highest BCUT2D eigenvalue weighted by molar-refractivity contribution is 5.29. The van der Waals surface area contributed by atoms with Gasteiger partial charge in [-0.25, -0.2) is 0 Å². The second-order valence-electron chi connectivity index (χ2n) is 9.89. The molecule has 1 aliphatic heterocycles. The van der Waals surface area contributed by atoms with Crippen LogP contribution in [0.15, 0.2) is 84.1 Å². The van der Waals surface area contributed by atoms with E-state index < -0.39 is 0 Å². The molecule has 186 valence electrons. The highest BCUT2D eigenvalue weighted by Gasteiger charge is 2.11. The number of fused-ring (bicyclic) bond motifs is 2. The fraction of sp³-hybridized carbons (Fsp3) is 0.452. The van der Waals surface area contributed by atoms with Crippen LogP contribution >= 0.6 is 0 Å². The molecule has 1 aliphatic carbocycles. The molecule has 0 radical (unpaired) electrons. The predicted molar refractivity (Wildman–Crippen MR) is 147 cm³/mol. The van der Waals surface area contributed by atoms with Crippen LogP contribution in [0.3, 0.4) is 0 Å². The molecule has 0 fully saturated rings. The maximum absolute atomic E-state index is 4.38. The van der Waals surface area contributed by atoms with Crippen molar-refractivity contribution in [1.82, 2.24) is 20.9 Å². The Hall–Kier alpha value is -2.53. The van der Waals surface area contributed by atoms with Crippen LogP contribution in [0.25, 0.3) is 0 Å². The van der Waals surface area contributed by atoms with E-state index in [1.165, 1.54) is 42.4 Å². The Balaban J connectivity index is 1.25. The normalized spacial score (nSPS) is 22.6. The van der Waals surface area contributed by atoms with E-state index in [1.54, 1.807) is 5.57 Å². The quantitative estimate of drug-likeness (QED) is 0.489. The van der Waals surface area contributed by atoms with E-state index >= 15 is 0 Å². The maximum Gasteiger partial charge on any atom is 0.0541 e. The highest BCUT2D eigenvalue weighted by atomic mass is 14.9. The largest absolute Gasteiger partial charge is 0.316 e. The highest BCUT2D eigenvalue weighted by Crippen LogP contribution is 2.24. The number of rotatable bonds is 6. The number of benzene rings is 1. The molecule has 3 N–H and O–H groups in total. The Morgan fingerprint density at radius 3 is 2.57 bits per heavy atom. The summed E-state index contributed by atoms with van der Waals surface area (Å²) in [4.78, 5) is 4.38. The Morgan fingerprint density at radius 1 is 0.857 bits per heavy atom. The molecular formula is C31H42N4. The lowest BCUT2D eigenvalue weighted by Gasteiger charge is -2.19. The number of aromatic nitrogens is 1. The standard InChI is InChI=1S/C31H42N4/c1-3-17-32-19-15-29(16-21-33-20-14-27-8-5-7-26(6-1)22-27)23-28-10-12-30(13-11-28)24-34-25-31-9-2-4-18-35-31/h1-2,4,6-7,9-14,18,29,32-34H,3,5,8,15-17,19-25H2/b6-1+,27-14+. The van der Waals surface area contributed by atoms with E-state index in [2.05, 4.69) is 75.6 Å². The number of allylic oxidation sites excluding steroid dienone is 4. The molecule has 1 aromatic carbocycles. The summed E-state index contributed by atoms with van der Waals surface area (Å²) < 4.78 is 0. The zero-order valence-electron chi connectivity index (χ0n) is 21.1. The van der Waals surface area contributed by atoms with Crippen LogP contribution in [0.2, 0.25) is 0 Å². The molecule has 35 heavy (non-hydrogen) atoms. The van der Waals surface area contributed by atoms with E-state index in [1.807, 2.05) is 18.3 Å². The molecule has 2 aliphatic rings. The summed E-state index contributed by atoms with van der Waals surface area (Å²) in [6.45, 7) is 5.92. The molecule has 0 spiro atoms. The number of nitrogens with zero attached hydrogens (tertiary/aromatic N) is 1. The summed E-state index contributed by atoms with van der Waals surface area (Å²) >= 11 is 0. The minimum absolute atomic E-state index is 0.698. The van der Waals surface area contributed by atoms with Gasteiger partial charge in [0.25, 0.3) is 0 Å². The van der Waals surface area contributed by atoms with Crippen molar-refractivity contribution in [1.29, 1.82) is 0 Å². The van der Waals surface area contributed by atoms with E-state index in [4.69, 9.17) is 0 Å². The van der Waals surface area contributed by atoms with Crippen molar-refractivity contribution in [2.24, 2.45) is 5.92 Å². The first kappa shape index (κ1) is 25.6. The fourth-order valence-electron chi connectivity index (χ4n) is 4.96. The van der Waals surface area contributed by atoms with E-state index in [9.17, 15) is 0 Å². The summed E-state index contributed by atoms with van der Waals surface area (Å²) in [6, 6.07) is 15.2. The maximum atomic E-state index is 4.38. The van der Waals surface area contributed by atoms with Gasteiger partial charge in [0.15, 0.2) is 0 Å². The van der Waals surface area contributed by atoms with Gasteiger partial charge in [-0.15, -0.1) is 0 Å². The lowest BCUT2D eigenvalue weighted by molar-refractivity contribution is 0.424. The van der Waals surface area contributed by atoms with Crippen LogP contribution in [0, 0.1) is 5.92 Å². The summed E-state index contributed by atoms with van der Waals surface area (Å²) in [5, 5.41) is 10.9. The summed E-state index contributed by atoms with van der Waals surface area (Å²) in [5.41, 5.74) is 6.94. The molecule has 4 rings (SSSR count). The van der Waals surface area contributed by atoms with Gasteiger partial charge >= 0.3 is 0 Å². The van der Waals surface area contributed by atoms with E-state index in [0.717, 1.165) is 64.2 Å². The second kappa shape index (κ2) is 14.8. The van der Waals surface area contributed by atoms with Crippen LogP contribution in [0.4, 0.5) is 0 Å². The predicted octanol–water partition coefficient (Wildman–Crippen LogP) is 5.49. The third kappa shape index (κ3) is 9.56. The van der Waals surface area contributed by atoms with Gasteiger partial charge in [-0.05, 0) is 99.3 Å². The van der Waals surface area contributed by atoms with Gasteiger partial charge in [-0.1, -0.05) is 60.2 Å². The van der Waals surface area contributed by atoms with E-state index in [0.29, 0.717) is 5.92 Å². The van der Waals surface area contributed by atoms with Crippen LogP contribution in [0.1, 0.15) is 55.3 Å². The molecule has 1 atom stereocenters. The molecule has 0 saturated heterocycles. The Bertz CT molecular complexity index is 959. The van der Waals surface area contributed by atoms with Crippen LogP contribution in [-0.4, -0.2) is 31.2 Å². The van der Waals surface area contributed by atoms with Crippen molar-refractivity contribution >= 4 is 0 Å². The molecule has 2 heterocycles. The van der Waals surface area contributed by atoms with Crippen molar-refractivity contribution < 1.29 is 0 Å². The average Bonchev–Trinajstić information content (AvgIpc) is 2.89. The smallest absolute Gasteiger partial charge is 0.0541 e. The third-order valence-corrected chi connectivity index (χ3v) is 7.03. The van der Waals surface area contributed by atoms with Crippen LogP contribution in [0.5, 0.6) is 0 Å². The monoisotopic (exact) mass is 470 g/mol. The van der Waals surface area contributed by atoms with Gasteiger partial charge in [-0.3, -0.25) is 4.98 Å². The number of nitrogens with one attached hydrogen (secondary N) is 3. The Labute approximate surface area is 212 Å². The molecular weight excluding hydrogens is 428 g/mol. The minimum atomic E-state index is 0.698. The molecule has 2 bridgehead atoms. The molecule has 4 nitrogen and oxygen atoms in total. The fourth-order valence-corrected chi connectivity index (χ4v) is 4.96. The summed E-state index contributed by atoms with van der Waals surface area (Å²) in [6.07, 6.45) is 19.6. The zero-order chi connectivity index (χ0) is 24.0. The van der Waals surface area contributed by atoms with Gasteiger partial charge in [0.1, 0.15) is 0 Å². The topological polar surface area (TPSA) is 49.0 Å². The molecule has 1 aromatic heterocycles. The average molecular weight is 471 g/mol. The number of pyridine rings is 1. The van der Waals surface area contributed by atoms with Gasteiger partial charge in [0.05, 0.1) is 5.69 Å². The lowest BCUT2D eigenvalue weighted by atomic mass is 9.92. The number of hydrogen-bond donors (Lipinski definition) is 3. The van der Waals surface area contributed by atoms with E-state index in [-0.39, 0.29) is 0 Å². The van der Waals surface area contributed by atoms with Crippen molar-refractivity contribution in [2.45, 2.75) is 58.0 Å². The Morgan fingerprint density at radius 2 is 1.71 bits per heavy atom. The number of hydrogen-bond acceptors (Lipinski definition) is 4. The first-order chi connectivity index (χ1) is 17.3. The first-order valence-electron chi connectivity index (χ1n) is 13.5. The minimum Gasteiger partial charge on any atom is -0.316 e. The van der Waals surface area contributed by atoms with Crippen LogP contribution in [-0.2, 0) is 19.5 Å². The van der Waals surface area contributed by atoms with Gasteiger partial charge in [-0.2, -0.15) is 0 Å². The van der Waals surface area contributed by atoms with Gasteiger partial charge < -0.3 is 16.0 Å². The van der Waals surface area contributed by atoms with Crippen molar-refractivity contribution in [3.63, 3.8) is 0 Å². The Kier molecular flexibility index (Phi) is 10.8. The third-order valence-electron chi connectivity index (χ3n) is 7.03. The summed E-state index contributed by atoms with van der Waals surface area (Å²) in [7, 11) is 0. The van der Waals surface area contributed by atoms with Gasteiger partial charge in [0, 0.05) is 25.8 Å². The zero-order valence-corrected chi connectivity index (χ0v) is 21.1. The first-order valence-corrected chi connectivity index (χ1v) is 13.5. The van der Waals surface area contributed by atoms with Gasteiger partial charge in [0.2, 0.25) is 0 Å². The van der Waals surface area contributed by atoms with Crippen molar-refractivity contribution in [3.05, 3.63) is 101 Å². The van der Waals surface area contributed by atoms with Crippen LogP contribution < -0.4 is 16.0 Å². The molecule has 1 unspecified atom stereocenters. The molecule has 0 saturated carbocycles. The second-order valence-corrected chi connectivity index (χ2v) is 9.89. The van der Waals surface area contributed by atoms with Crippen molar-refractivity contribution in [2.75, 3.05) is 26.2 Å². The lowest BCUT2D eigenvalue weighted by Crippen LogP contribution is -2.24. The molecule has 2 aromatic rings. The SMILES string of the molecule is C1=C2/C=C/CCNCCC(Cc3ccc(CNCc4ccccn4)cc3)CCNC/C=C(\CC1)C2. The molecule has 4 heteroatoms. The summed E-state index contributed by atoms with van der Waals surface area (Å²) in [5.74, 6) is 0.698. The van der Waals surface area contributed by atoms with Crippen molar-refractivity contribution in [3.8, 4) is 0 Å².